The molecule has 4 nitrogen and oxygen atoms in total. The summed E-state index contributed by atoms with van der Waals surface area (Å²) >= 11 is 1.61. The first-order chi connectivity index (χ1) is 10.8. The summed E-state index contributed by atoms with van der Waals surface area (Å²) in [5.74, 6) is -0.0864. The van der Waals surface area contributed by atoms with Gasteiger partial charge in [0, 0.05) is 17.1 Å². The first-order valence-electron chi connectivity index (χ1n) is 7.00. The second-order valence-corrected chi connectivity index (χ2v) is 6.12. The van der Waals surface area contributed by atoms with Gasteiger partial charge in [0.1, 0.15) is 5.01 Å². The third-order valence-corrected chi connectivity index (χ3v) is 4.61. The fourth-order valence-electron chi connectivity index (χ4n) is 2.51. The predicted molar refractivity (Wildman–Crippen MR) is 89.1 cm³/mol. The number of aromatic amines is 1. The van der Waals surface area contributed by atoms with E-state index in [1.54, 1.807) is 17.5 Å². The monoisotopic (exact) mass is 307 g/mol. The van der Waals surface area contributed by atoms with Crippen LogP contribution in [-0.4, -0.2) is 15.9 Å². The van der Waals surface area contributed by atoms with Crippen LogP contribution >= 0.6 is 11.3 Å². The van der Waals surface area contributed by atoms with E-state index < -0.39 is 0 Å². The van der Waals surface area contributed by atoms with Crippen LogP contribution in [0.1, 0.15) is 15.4 Å². The van der Waals surface area contributed by atoms with Gasteiger partial charge in [0.2, 0.25) is 0 Å². The van der Waals surface area contributed by atoms with E-state index in [9.17, 15) is 4.79 Å². The topological polar surface area (TPSA) is 57.8 Å². The maximum atomic E-state index is 12.4. The first-order valence-corrected chi connectivity index (χ1v) is 7.82. The average Bonchev–Trinajstić information content (AvgIpc) is 3.16. The van der Waals surface area contributed by atoms with Crippen LogP contribution in [0.4, 0.5) is 0 Å². The van der Waals surface area contributed by atoms with E-state index in [0.717, 1.165) is 26.1 Å². The molecular formula is C17H13N3OS. The average molecular weight is 307 g/mol. The Bertz CT molecular complexity index is 937. The van der Waals surface area contributed by atoms with Crippen LogP contribution in [0.5, 0.6) is 0 Å². The highest BCUT2D eigenvalue weighted by Crippen LogP contribution is 2.22. The molecule has 2 N–H and O–H groups in total. The minimum absolute atomic E-state index is 0.0864. The quantitative estimate of drug-likeness (QED) is 0.606. The van der Waals surface area contributed by atoms with Gasteiger partial charge in [-0.3, -0.25) is 4.79 Å². The molecule has 0 atom stereocenters. The van der Waals surface area contributed by atoms with E-state index in [1.165, 1.54) is 0 Å². The van der Waals surface area contributed by atoms with Gasteiger partial charge in [-0.1, -0.05) is 30.3 Å². The summed E-state index contributed by atoms with van der Waals surface area (Å²) in [7, 11) is 0. The van der Waals surface area contributed by atoms with Crippen molar-refractivity contribution in [3.63, 3.8) is 0 Å². The Morgan fingerprint density at radius 2 is 1.95 bits per heavy atom. The Morgan fingerprint density at radius 1 is 1.14 bits per heavy atom. The number of aromatic nitrogens is 2. The van der Waals surface area contributed by atoms with Crippen molar-refractivity contribution >= 4 is 38.4 Å². The molecule has 0 radical (unpaired) electrons. The lowest BCUT2D eigenvalue weighted by molar-refractivity contribution is 0.0952. The highest BCUT2D eigenvalue weighted by molar-refractivity contribution is 7.18. The number of para-hydroxylation sites is 2. The molecular weight excluding hydrogens is 294 g/mol. The molecule has 4 aromatic rings. The standard InChI is InChI=1S/C17H13N3OS/c21-17(12-9-18-13-6-2-1-5-11(12)13)19-10-16-20-14-7-3-4-8-15(14)22-16/h1-9,18H,10H2,(H,19,21). The van der Waals surface area contributed by atoms with Gasteiger partial charge >= 0.3 is 0 Å². The lowest BCUT2D eigenvalue weighted by atomic mass is 10.1. The number of carbonyl (C=O) groups is 1. The Hall–Kier alpha value is -2.66. The Labute approximate surface area is 130 Å². The molecule has 2 aromatic heterocycles. The fourth-order valence-corrected chi connectivity index (χ4v) is 3.41. The molecule has 2 aromatic carbocycles. The fraction of sp³-hybridized carbons (Fsp3) is 0.0588. The van der Waals surface area contributed by atoms with Crippen molar-refractivity contribution in [3.8, 4) is 0 Å². The maximum absolute atomic E-state index is 12.4. The van der Waals surface area contributed by atoms with Crippen LogP contribution in [0.25, 0.3) is 21.1 Å². The summed E-state index contributed by atoms with van der Waals surface area (Å²) in [5, 5.41) is 4.79. The van der Waals surface area contributed by atoms with Gasteiger partial charge in [0.05, 0.1) is 22.3 Å². The lowest BCUT2D eigenvalue weighted by Crippen LogP contribution is -2.22. The molecule has 0 saturated carbocycles. The third kappa shape index (κ3) is 2.25. The zero-order valence-corrected chi connectivity index (χ0v) is 12.5. The molecule has 0 unspecified atom stereocenters. The number of amides is 1. The van der Waals surface area contributed by atoms with Crippen molar-refractivity contribution in [2.75, 3.05) is 0 Å². The molecule has 0 bridgehead atoms. The zero-order valence-electron chi connectivity index (χ0n) is 11.7. The Kier molecular flexibility index (Phi) is 3.12. The number of nitrogens with one attached hydrogen (secondary N) is 2. The normalized spacial score (nSPS) is 11.1. The summed E-state index contributed by atoms with van der Waals surface area (Å²) in [6.45, 7) is 0.442. The molecule has 0 aliphatic heterocycles. The second kappa shape index (κ2) is 5.27. The van der Waals surface area contributed by atoms with E-state index in [-0.39, 0.29) is 5.91 Å². The Balaban J connectivity index is 1.54. The zero-order chi connectivity index (χ0) is 14.9. The van der Waals surface area contributed by atoms with Crippen molar-refractivity contribution in [1.82, 2.24) is 15.3 Å². The van der Waals surface area contributed by atoms with Crippen molar-refractivity contribution in [2.24, 2.45) is 0 Å². The smallest absolute Gasteiger partial charge is 0.253 e. The molecule has 0 saturated heterocycles. The largest absolute Gasteiger partial charge is 0.360 e. The number of fused-ring (bicyclic) bond motifs is 2. The predicted octanol–water partition coefficient (Wildman–Crippen LogP) is 3.71. The van der Waals surface area contributed by atoms with Crippen molar-refractivity contribution in [2.45, 2.75) is 6.54 Å². The van der Waals surface area contributed by atoms with E-state index in [2.05, 4.69) is 15.3 Å². The van der Waals surface area contributed by atoms with Crippen LogP contribution in [-0.2, 0) is 6.54 Å². The van der Waals surface area contributed by atoms with Crippen molar-refractivity contribution in [1.29, 1.82) is 0 Å². The summed E-state index contributed by atoms with van der Waals surface area (Å²) in [6.07, 6.45) is 1.75. The van der Waals surface area contributed by atoms with Gasteiger partial charge in [0.25, 0.3) is 5.91 Å². The summed E-state index contributed by atoms with van der Waals surface area (Å²) < 4.78 is 1.14. The molecule has 108 valence electrons. The number of hydrogen-bond donors (Lipinski definition) is 2. The number of H-pyrrole nitrogens is 1. The number of thiazole rings is 1. The van der Waals surface area contributed by atoms with E-state index in [0.29, 0.717) is 12.1 Å². The van der Waals surface area contributed by atoms with E-state index in [4.69, 9.17) is 0 Å². The summed E-state index contributed by atoms with van der Waals surface area (Å²) in [4.78, 5) is 20.0. The van der Waals surface area contributed by atoms with Crippen LogP contribution < -0.4 is 5.32 Å². The minimum Gasteiger partial charge on any atom is -0.360 e. The maximum Gasteiger partial charge on any atom is 0.253 e. The molecule has 22 heavy (non-hydrogen) atoms. The summed E-state index contributed by atoms with van der Waals surface area (Å²) in [6, 6.07) is 15.8. The lowest BCUT2D eigenvalue weighted by Gasteiger charge is -2.01. The van der Waals surface area contributed by atoms with Crippen LogP contribution in [0, 0.1) is 0 Å². The van der Waals surface area contributed by atoms with Crippen molar-refractivity contribution in [3.05, 3.63) is 65.3 Å². The van der Waals surface area contributed by atoms with Gasteiger partial charge < -0.3 is 10.3 Å². The highest BCUT2D eigenvalue weighted by Gasteiger charge is 2.12. The number of hydrogen-bond acceptors (Lipinski definition) is 3. The first kappa shape index (κ1) is 13.0. The molecule has 1 amide bonds. The minimum atomic E-state index is -0.0864. The van der Waals surface area contributed by atoms with Crippen LogP contribution in [0.3, 0.4) is 0 Å². The molecule has 0 fully saturated rings. The van der Waals surface area contributed by atoms with Gasteiger partial charge in [-0.15, -0.1) is 11.3 Å². The van der Waals surface area contributed by atoms with Crippen LogP contribution in [0.2, 0.25) is 0 Å². The molecule has 0 aliphatic carbocycles. The molecule has 2 heterocycles. The van der Waals surface area contributed by atoms with Gasteiger partial charge in [0.15, 0.2) is 0 Å². The summed E-state index contributed by atoms with van der Waals surface area (Å²) in [5.41, 5.74) is 2.60. The van der Waals surface area contributed by atoms with Gasteiger partial charge in [-0.2, -0.15) is 0 Å². The van der Waals surface area contributed by atoms with Gasteiger partial charge in [-0.05, 0) is 18.2 Å². The number of benzene rings is 2. The number of carbonyl (C=O) groups excluding carboxylic acids is 1. The van der Waals surface area contributed by atoms with E-state index in [1.807, 2.05) is 48.5 Å². The second-order valence-electron chi connectivity index (χ2n) is 5.01. The highest BCUT2D eigenvalue weighted by atomic mass is 32.1. The van der Waals surface area contributed by atoms with Crippen molar-refractivity contribution < 1.29 is 4.79 Å². The number of nitrogens with zero attached hydrogens (tertiary/aromatic N) is 1. The number of rotatable bonds is 3. The molecule has 0 aliphatic rings. The SMILES string of the molecule is O=C(NCc1nc2ccccc2s1)c1c[nH]c2ccccc12. The Morgan fingerprint density at radius 3 is 2.86 bits per heavy atom. The molecule has 5 heteroatoms. The van der Waals surface area contributed by atoms with Gasteiger partial charge in [-0.25, -0.2) is 4.98 Å². The van der Waals surface area contributed by atoms with E-state index >= 15 is 0 Å². The molecule has 4 rings (SSSR count). The van der Waals surface area contributed by atoms with Crippen LogP contribution in [0.15, 0.2) is 54.7 Å². The third-order valence-electron chi connectivity index (χ3n) is 3.57. The molecule has 0 spiro atoms.